The maximum absolute atomic E-state index is 10.4. The molecule has 0 heterocycles. The standard InChI is InChI=1S/C3H8NO2P/c1-7(2,6)3(4)5/h1-2H3,(H2,4,5). The summed E-state index contributed by atoms with van der Waals surface area (Å²) in [6.45, 7) is 2.69. The van der Waals surface area contributed by atoms with E-state index in [1.165, 1.54) is 13.3 Å². The maximum atomic E-state index is 10.4. The highest BCUT2D eigenvalue weighted by Crippen LogP contribution is 2.34. The Kier molecular flexibility index (Phi) is 1.59. The molecule has 0 saturated carbocycles. The molecule has 0 aliphatic carbocycles. The average Bonchev–Trinajstić information content (AvgIpc) is 1.31. The van der Waals surface area contributed by atoms with Crippen molar-refractivity contribution in [2.45, 2.75) is 0 Å². The van der Waals surface area contributed by atoms with Crippen LogP contribution in [0.4, 0.5) is 4.79 Å². The van der Waals surface area contributed by atoms with Crippen LogP contribution in [0, 0.1) is 0 Å². The normalized spacial score (nSPS) is 11.1. The second kappa shape index (κ2) is 1.66. The lowest BCUT2D eigenvalue weighted by Crippen LogP contribution is -2.06. The molecule has 0 fully saturated rings. The summed E-state index contributed by atoms with van der Waals surface area (Å²) in [5.41, 5.74) is 3.97. The minimum Gasteiger partial charge on any atom is -0.363 e. The number of amides is 1. The van der Waals surface area contributed by atoms with Crippen LogP contribution in [0.5, 0.6) is 0 Å². The molecule has 0 rings (SSSR count). The van der Waals surface area contributed by atoms with Crippen molar-refractivity contribution in [1.82, 2.24) is 0 Å². The van der Waals surface area contributed by atoms with Gasteiger partial charge < -0.3 is 10.3 Å². The van der Waals surface area contributed by atoms with E-state index in [-0.39, 0.29) is 0 Å². The van der Waals surface area contributed by atoms with Gasteiger partial charge >= 0.3 is 0 Å². The Balaban J connectivity index is 4.09. The first kappa shape index (κ1) is 6.70. The second-order valence-corrected chi connectivity index (χ2v) is 4.83. The van der Waals surface area contributed by atoms with Gasteiger partial charge in [-0.25, -0.2) is 0 Å². The molecule has 0 aliphatic rings. The lowest BCUT2D eigenvalue weighted by atomic mass is 11.4. The predicted octanol–water partition coefficient (Wildman–Crippen LogP) is 0.688. The van der Waals surface area contributed by atoms with Gasteiger partial charge in [0.25, 0.3) is 5.65 Å². The third kappa shape index (κ3) is 2.40. The monoisotopic (exact) mass is 121 g/mol. The molecule has 7 heavy (non-hydrogen) atoms. The average molecular weight is 121 g/mol. The van der Waals surface area contributed by atoms with Crippen molar-refractivity contribution in [2.24, 2.45) is 5.73 Å². The van der Waals surface area contributed by atoms with E-state index in [1.807, 2.05) is 0 Å². The lowest BCUT2D eigenvalue weighted by Gasteiger charge is -1.94. The molecular formula is C3H8NO2P. The van der Waals surface area contributed by atoms with Crippen LogP contribution in [-0.4, -0.2) is 19.0 Å². The highest BCUT2D eigenvalue weighted by Gasteiger charge is 2.12. The Morgan fingerprint density at radius 2 is 1.71 bits per heavy atom. The van der Waals surface area contributed by atoms with E-state index in [9.17, 15) is 9.36 Å². The minimum atomic E-state index is -2.60. The molecule has 0 radical (unpaired) electrons. The topological polar surface area (TPSA) is 60.2 Å². The lowest BCUT2D eigenvalue weighted by molar-refractivity contribution is 0.265. The SMILES string of the molecule is CP(C)(=O)C(N)=O. The Labute approximate surface area is 42.3 Å². The summed E-state index contributed by atoms with van der Waals surface area (Å²) in [6.07, 6.45) is 0. The molecule has 0 spiro atoms. The summed E-state index contributed by atoms with van der Waals surface area (Å²) in [7, 11) is -2.60. The Morgan fingerprint density at radius 1 is 1.57 bits per heavy atom. The second-order valence-electron chi connectivity index (χ2n) is 1.69. The van der Waals surface area contributed by atoms with E-state index in [0.29, 0.717) is 0 Å². The zero-order valence-corrected chi connectivity index (χ0v) is 5.24. The van der Waals surface area contributed by atoms with E-state index in [1.54, 1.807) is 0 Å². The fourth-order valence-corrected chi connectivity index (χ4v) is 0. The van der Waals surface area contributed by atoms with Gasteiger partial charge in [0.2, 0.25) is 0 Å². The number of hydrogen-bond acceptors (Lipinski definition) is 2. The van der Waals surface area contributed by atoms with Gasteiger partial charge in [-0.05, 0) is 13.3 Å². The molecule has 0 aromatic rings. The minimum absolute atomic E-state index is 0.701. The Hall–Kier alpha value is -0.300. The zero-order valence-electron chi connectivity index (χ0n) is 4.34. The van der Waals surface area contributed by atoms with Gasteiger partial charge in [0.15, 0.2) is 7.14 Å². The third-order valence-electron chi connectivity index (χ3n) is 0.531. The Bertz CT molecular complexity index is 125. The summed E-state index contributed by atoms with van der Waals surface area (Å²) in [6, 6.07) is 0. The van der Waals surface area contributed by atoms with Gasteiger partial charge in [-0.1, -0.05) is 0 Å². The quantitative estimate of drug-likeness (QED) is 0.518. The van der Waals surface area contributed by atoms with Gasteiger partial charge in [-0.15, -0.1) is 0 Å². The predicted molar refractivity (Wildman–Crippen MR) is 29.0 cm³/mol. The van der Waals surface area contributed by atoms with E-state index in [2.05, 4.69) is 5.73 Å². The van der Waals surface area contributed by atoms with Crippen molar-refractivity contribution in [2.75, 3.05) is 13.3 Å². The maximum Gasteiger partial charge on any atom is 0.275 e. The molecule has 4 heteroatoms. The molecule has 0 atom stereocenters. The molecule has 42 valence electrons. The summed E-state index contributed by atoms with van der Waals surface area (Å²) < 4.78 is 10.4. The summed E-state index contributed by atoms with van der Waals surface area (Å²) in [5.74, 6) is 0. The molecule has 0 aliphatic heterocycles. The highest BCUT2D eigenvalue weighted by atomic mass is 31.2. The third-order valence-corrected chi connectivity index (χ3v) is 1.59. The molecular weight excluding hydrogens is 113 g/mol. The number of carbonyl (C=O) groups excluding carboxylic acids is 1. The zero-order chi connectivity index (χ0) is 6.08. The van der Waals surface area contributed by atoms with Crippen LogP contribution in [-0.2, 0) is 4.57 Å². The van der Waals surface area contributed by atoms with Crippen LogP contribution < -0.4 is 5.73 Å². The Morgan fingerprint density at radius 3 is 1.71 bits per heavy atom. The van der Waals surface area contributed by atoms with Crippen LogP contribution in [0.15, 0.2) is 0 Å². The fraction of sp³-hybridized carbons (Fsp3) is 0.667. The van der Waals surface area contributed by atoms with E-state index < -0.39 is 12.8 Å². The van der Waals surface area contributed by atoms with Crippen molar-refractivity contribution in [3.8, 4) is 0 Å². The first-order valence-electron chi connectivity index (χ1n) is 1.79. The van der Waals surface area contributed by atoms with Crippen LogP contribution in [0.2, 0.25) is 0 Å². The van der Waals surface area contributed by atoms with Gasteiger partial charge in [0.05, 0.1) is 0 Å². The van der Waals surface area contributed by atoms with E-state index in [0.717, 1.165) is 0 Å². The molecule has 0 bridgehead atoms. The van der Waals surface area contributed by atoms with Crippen LogP contribution in [0.3, 0.4) is 0 Å². The van der Waals surface area contributed by atoms with Crippen molar-refractivity contribution < 1.29 is 9.36 Å². The highest BCUT2D eigenvalue weighted by molar-refractivity contribution is 7.78. The van der Waals surface area contributed by atoms with Gasteiger partial charge in [-0.3, -0.25) is 4.79 Å². The van der Waals surface area contributed by atoms with Crippen LogP contribution in [0.25, 0.3) is 0 Å². The smallest absolute Gasteiger partial charge is 0.275 e. The molecule has 0 unspecified atom stereocenters. The van der Waals surface area contributed by atoms with Crippen molar-refractivity contribution in [1.29, 1.82) is 0 Å². The van der Waals surface area contributed by atoms with Gasteiger partial charge in [-0.2, -0.15) is 0 Å². The molecule has 0 aromatic heterocycles. The molecule has 3 nitrogen and oxygen atoms in total. The molecule has 2 N–H and O–H groups in total. The number of nitrogens with two attached hydrogens (primary N) is 1. The molecule has 1 amide bonds. The van der Waals surface area contributed by atoms with E-state index >= 15 is 0 Å². The molecule has 0 aromatic carbocycles. The van der Waals surface area contributed by atoms with Gasteiger partial charge in [0.1, 0.15) is 0 Å². The first-order valence-corrected chi connectivity index (χ1v) is 4.39. The van der Waals surface area contributed by atoms with Crippen LogP contribution >= 0.6 is 7.14 Å². The van der Waals surface area contributed by atoms with Crippen LogP contribution in [0.1, 0.15) is 0 Å². The number of rotatable bonds is 1. The summed E-state index contributed by atoms with van der Waals surface area (Å²) >= 11 is 0. The summed E-state index contributed by atoms with van der Waals surface area (Å²) in [5, 5.41) is 0. The van der Waals surface area contributed by atoms with Crippen molar-refractivity contribution in [3.05, 3.63) is 0 Å². The molecule has 0 saturated heterocycles. The van der Waals surface area contributed by atoms with E-state index in [4.69, 9.17) is 0 Å². The van der Waals surface area contributed by atoms with Crippen molar-refractivity contribution >= 4 is 12.8 Å². The number of hydrogen-bond donors (Lipinski definition) is 1. The fourth-order valence-electron chi connectivity index (χ4n) is 0. The number of primary amides is 1. The largest absolute Gasteiger partial charge is 0.363 e. The van der Waals surface area contributed by atoms with Crippen molar-refractivity contribution in [3.63, 3.8) is 0 Å². The number of carbonyl (C=O) groups is 1. The first-order chi connectivity index (χ1) is 2.94. The van der Waals surface area contributed by atoms with Gasteiger partial charge in [0, 0.05) is 0 Å². The summed E-state index contributed by atoms with van der Waals surface area (Å²) in [4.78, 5) is 9.98.